The molecule has 0 atom stereocenters. The van der Waals surface area contributed by atoms with Crippen molar-refractivity contribution >= 4 is 51.6 Å². The first-order valence-electron chi connectivity index (χ1n) is 12.1. The van der Waals surface area contributed by atoms with Crippen molar-refractivity contribution in [3.63, 3.8) is 0 Å². The number of hydrogen-bond acceptors (Lipinski definition) is 8. The van der Waals surface area contributed by atoms with Gasteiger partial charge in [0.25, 0.3) is 11.4 Å². The molecule has 12 nitrogen and oxygen atoms in total. The number of nitrogens with one attached hydrogen (secondary N) is 3. The summed E-state index contributed by atoms with van der Waals surface area (Å²) in [5.74, 6) is 1.12. The van der Waals surface area contributed by atoms with E-state index in [9.17, 15) is 20.2 Å². The Morgan fingerprint density at radius 3 is 2.05 bits per heavy atom. The molecule has 4 aromatic carbocycles. The van der Waals surface area contributed by atoms with Crippen LogP contribution in [0.2, 0.25) is 0 Å². The van der Waals surface area contributed by atoms with Gasteiger partial charge in [0.15, 0.2) is 0 Å². The minimum absolute atomic E-state index is 0.0403. The standard InChI is InChI=1S/C14H12N4O2.C14H10N4O2/c2*19-18(20)11-5-3-4-10(8-11)9-15-14-16-12-6-1-2-7-13(12)17-14/h1-8H,9H2,(H2,15,16,17);1-9H,(H,16,17). The monoisotopic (exact) mass is 534 g/mol. The molecule has 0 saturated heterocycles. The molecular formula is C28H22N8O4. The van der Waals surface area contributed by atoms with E-state index in [1.165, 1.54) is 18.2 Å². The summed E-state index contributed by atoms with van der Waals surface area (Å²) >= 11 is 0. The predicted octanol–water partition coefficient (Wildman–Crippen LogP) is 6.30. The molecule has 0 unspecified atom stereocenters. The van der Waals surface area contributed by atoms with Crippen molar-refractivity contribution < 1.29 is 9.85 Å². The molecule has 198 valence electrons. The topological polar surface area (TPSA) is 168 Å². The van der Waals surface area contributed by atoms with Gasteiger partial charge in [-0.05, 0) is 35.4 Å². The molecule has 0 aliphatic carbocycles. The van der Waals surface area contributed by atoms with E-state index in [2.05, 4.69) is 30.2 Å². The first-order valence-corrected chi connectivity index (χ1v) is 12.1. The van der Waals surface area contributed by atoms with E-state index >= 15 is 0 Å². The summed E-state index contributed by atoms with van der Waals surface area (Å²) < 4.78 is 0. The number of aromatic amines is 2. The highest BCUT2D eigenvalue weighted by Crippen LogP contribution is 2.18. The Morgan fingerprint density at radius 2 is 1.38 bits per heavy atom. The van der Waals surface area contributed by atoms with Crippen molar-refractivity contribution in [3.8, 4) is 0 Å². The van der Waals surface area contributed by atoms with Gasteiger partial charge in [-0.2, -0.15) is 0 Å². The van der Waals surface area contributed by atoms with Gasteiger partial charge in [-0.15, -0.1) is 0 Å². The maximum Gasteiger partial charge on any atom is 0.270 e. The Labute approximate surface area is 226 Å². The second-order valence-corrected chi connectivity index (χ2v) is 8.57. The van der Waals surface area contributed by atoms with Gasteiger partial charge in [-0.1, -0.05) is 48.5 Å². The maximum absolute atomic E-state index is 10.7. The van der Waals surface area contributed by atoms with Crippen molar-refractivity contribution in [2.24, 2.45) is 4.99 Å². The number of nitro groups is 2. The molecule has 2 heterocycles. The number of non-ortho nitro benzene ring substituents is 2. The molecule has 0 fully saturated rings. The molecule has 0 saturated carbocycles. The number of nitrogens with zero attached hydrogens (tertiary/aromatic N) is 5. The van der Waals surface area contributed by atoms with E-state index in [-0.39, 0.29) is 11.4 Å². The summed E-state index contributed by atoms with van der Waals surface area (Å²) in [5, 5.41) is 24.5. The van der Waals surface area contributed by atoms with E-state index in [1.807, 2.05) is 54.6 Å². The van der Waals surface area contributed by atoms with Crippen LogP contribution in [-0.2, 0) is 6.54 Å². The SMILES string of the molecule is O=[N+]([O-])c1cccc(C=Nc2nc3ccccc3[nH]2)c1.O=[N+]([O-])c1cccc(CNc2nc3ccccc3[nH]2)c1. The third-order valence-electron chi connectivity index (χ3n) is 5.76. The quantitative estimate of drug-likeness (QED) is 0.123. The van der Waals surface area contributed by atoms with Crippen LogP contribution in [0.5, 0.6) is 0 Å². The van der Waals surface area contributed by atoms with E-state index in [0.717, 1.165) is 27.6 Å². The maximum atomic E-state index is 10.7. The van der Waals surface area contributed by atoms with Crippen LogP contribution in [0.3, 0.4) is 0 Å². The van der Waals surface area contributed by atoms with Crippen LogP contribution in [0.15, 0.2) is 102 Å². The van der Waals surface area contributed by atoms with E-state index in [4.69, 9.17) is 0 Å². The lowest BCUT2D eigenvalue weighted by Crippen LogP contribution is -2.01. The van der Waals surface area contributed by atoms with Crippen molar-refractivity contribution in [1.82, 2.24) is 19.9 Å². The van der Waals surface area contributed by atoms with Gasteiger partial charge in [0.05, 0.1) is 31.9 Å². The molecule has 12 heteroatoms. The summed E-state index contributed by atoms with van der Waals surface area (Å²) in [6.45, 7) is 0.474. The first-order chi connectivity index (χ1) is 19.4. The number of nitro benzene ring substituents is 2. The van der Waals surface area contributed by atoms with Crippen molar-refractivity contribution in [1.29, 1.82) is 0 Å². The van der Waals surface area contributed by atoms with Gasteiger partial charge in [-0.25, -0.2) is 15.0 Å². The van der Waals surface area contributed by atoms with Gasteiger partial charge in [0.2, 0.25) is 11.9 Å². The van der Waals surface area contributed by atoms with E-state index < -0.39 is 9.85 Å². The van der Waals surface area contributed by atoms with Crippen LogP contribution in [0, 0.1) is 20.2 Å². The molecule has 0 spiro atoms. The third kappa shape index (κ3) is 6.31. The fraction of sp³-hybridized carbons (Fsp3) is 0.0357. The predicted molar refractivity (Wildman–Crippen MR) is 153 cm³/mol. The Hall–Kier alpha value is -5.91. The zero-order valence-corrected chi connectivity index (χ0v) is 20.9. The van der Waals surface area contributed by atoms with Gasteiger partial charge >= 0.3 is 0 Å². The van der Waals surface area contributed by atoms with E-state index in [1.54, 1.807) is 30.5 Å². The van der Waals surface area contributed by atoms with Crippen LogP contribution in [0.25, 0.3) is 22.1 Å². The van der Waals surface area contributed by atoms with Crippen molar-refractivity contribution in [2.45, 2.75) is 6.54 Å². The van der Waals surface area contributed by atoms with Gasteiger partial charge < -0.3 is 15.3 Å². The van der Waals surface area contributed by atoms with Gasteiger partial charge in [0.1, 0.15) is 0 Å². The van der Waals surface area contributed by atoms with Gasteiger partial charge in [-0.3, -0.25) is 20.2 Å². The molecule has 6 aromatic rings. The van der Waals surface area contributed by atoms with Crippen LogP contribution < -0.4 is 5.32 Å². The second-order valence-electron chi connectivity index (χ2n) is 8.57. The van der Waals surface area contributed by atoms with E-state index in [0.29, 0.717) is 24.0 Å². The summed E-state index contributed by atoms with van der Waals surface area (Å²) in [6.07, 6.45) is 1.55. The summed E-state index contributed by atoms with van der Waals surface area (Å²) in [6, 6.07) is 28.2. The third-order valence-corrected chi connectivity index (χ3v) is 5.76. The second kappa shape index (κ2) is 11.6. The van der Waals surface area contributed by atoms with Crippen molar-refractivity contribution in [3.05, 3.63) is 128 Å². The molecular weight excluding hydrogens is 512 g/mol. The largest absolute Gasteiger partial charge is 0.352 e. The number of H-pyrrole nitrogens is 2. The number of fused-ring (bicyclic) bond motifs is 2. The Balaban J connectivity index is 0.000000161. The zero-order valence-electron chi connectivity index (χ0n) is 20.9. The summed E-state index contributed by atoms with van der Waals surface area (Å²) in [4.78, 5) is 39.7. The number of aliphatic imine (C=N–C) groups is 1. The Morgan fingerprint density at radius 1 is 0.750 bits per heavy atom. The minimum Gasteiger partial charge on any atom is -0.352 e. The molecule has 0 amide bonds. The van der Waals surface area contributed by atoms with Crippen molar-refractivity contribution in [2.75, 3.05) is 5.32 Å². The summed E-state index contributed by atoms with van der Waals surface area (Å²) in [5.41, 5.74) is 5.19. The minimum atomic E-state index is -0.432. The fourth-order valence-electron chi connectivity index (χ4n) is 3.86. The van der Waals surface area contributed by atoms with Crippen LogP contribution in [-0.4, -0.2) is 36.0 Å². The molecule has 40 heavy (non-hydrogen) atoms. The van der Waals surface area contributed by atoms with Crippen LogP contribution >= 0.6 is 0 Å². The molecule has 2 aromatic heterocycles. The number of benzene rings is 4. The number of anilines is 1. The first kappa shape index (κ1) is 25.7. The Kier molecular flexibility index (Phi) is 7.49. The highest BCUT2D eigenvalue weighted by molar-refractivity contribution is 5.84. The number of hydrogen-bond donors (Lipinski definition) is 3. The average molecular weight is 535 g/mol. The average Bonchev–Trinajstić information content (AvgIpc) is 3.59. The molecule has 3 N–H and O–H groups in total. The lowest BCUT2D eigenvalue weighted by atomic mass is 10.2. The van der Waals surface area contributed by atoms with Gasteiger partial charge in [0, 0.05) is 37.0 Å². The molecule has 0 aliphatic rings. The smallest absolute Gasteiger partial charge is 0.270 e. The molecule has 0 aliphatic heterocycles. The molecule has 0 bridgehead atoms. The molecule has 6 rings (SSSR count). The lowest BCUT2D eigenvalue weighted by Gasteiger charge is -2.02. The lowest BCUT2D eigenvalue weighted by molar-refractivity contribution is -0.385. The number of aromatic nitrogens is 4. The molecule has 0 radical (unpaired) electrons. The normalized spacial score (nSPS) is 10.9. The Bertz CT molecular complexity index is 1780. The number of imidazole rings is 2. The fourth-order valence-corrected chi connectivity index (χ4v) is 3.86. The van der Waals surface area contributed by atoms with Crippen LogP contribution in [0.4, 0.5) is 23.3 Å². The summed E-state index contributed by atoms with van der Waals surface area (Å²) in [7, 11) is 0. The van der Waals surface area contributed by atoms with Crippen LogP contribution in [0.1, 0.15) is 11.1 Å². The zero-order chi connectivity index (χ0) is 27.9. The number of para-hydroxylation sites is 4. The highest BCUT2D eigenvalue weighted by Gasteiger charge is 2.07. The highest BCUT2D eigenvalue weighted by atomic mass is 16.6. The number of rotatable bonds is 7.